The van der Waals surface area contributed by atoms with Crippen LogP contribution in [0.4, 0.5) is 4.39 Å². The molecule has 0 radical (unpaired) electrons. The maximum atomic E-state index is 14.0. The van der Waals surface area contributed by atoms with E-state index in [0.29, 0.717) is 0 Å². The molecule has 20 heavy (non-hydrogen) atoms. The Morgan fingerprint density at radius 2 is 1.90 bits per heavy atom. The third-order valence-electron chi connectivity index (χ3n) is 2.37. The van der Waals surface area contributed by atoms with Gasteiger partial charge in [-0.05, 0) is 19.1 Å². The number of hydrogen-bond donors (Lipinski definition) is 0. The molecule has 0 aromatic heterocycles. The molecule has 0 amide bonds. The Kier molecular flexibility index (Phi) is 4.83. The third kappa shape index (κ3) is 3.13. The second-order valence-electron chi connectivity index (χ2n) is 3.78. The third-order valence-corrected chi connectivity index (χ3v) is 3.48. The lowest BCUT2D eigenvalue weighted by atomic mass is 10.1. The first kappa shape index (κ1) is 16.1. The van der Waals surface area contributed by atoms with Crippen LogP contribution >= 0.6 is 0 Å². The summed E-state index contributed by atoms with van der Waals surface area (Å²) < 4.78 is 46.0. The van der Waals surface area contributed by atoms with Crippen LogP contribution < -0.4 is 4.74 Å². The highest BCUT2D eigenvalue weighted by Gasteiger charge is 2.27. The van der Waals surface area contributed by atoms with Gasteiger partial charge in [0.25, 0.3) is 5.78 Å². The van der Waals surface area contributed by atoms with E-state index in [4.69, 9.17) is 4.74 Å². The van der Waals surface area contributed by atoms with E-state index in [1.807, 2.05) is 0 Å². The van der Waals surface area contributed by atoms with Crippen LogP contribution in [-0.4, -0.2) is 40.1 Å². The summed E-state index contributed by atoms with van der Waals surface area (Å²) in [7, 11) is -2.76. The van der Waals surface area contributed by atoms with Gasteiger partial charge in [-0.1, -0.05) is 0 Å². The lowest BCUT2D eigenvalue weighted by molar-refractivity contribution is -0.137. The number of carbonyl (C=O) groups is 2. The number of sulfone groups is 1. The molecule has 8 heteroatoms. The van der Waals surface area contributed by atoms with Crippen LogP contribution in [0.5, 0.6) is 5.75 Å². The second-order valence-corrected chi connectivity index (χ2v) is 5.76. The number of ether oxygens (including phenoxy) is 2. The van der Waals surface area contributed by atoms with Crippen LogP contribution in [0.15, 0.2) is 17.0 Å². The van der Waals surface area contributed by atoms with Crippen molar-refractivity contribution in [3.05, 3.63) is 23.5 Å². The van der Waals surface area contributed by atoms with Crippen molar-refractivity contribution in [3.63, 3.8) is 0 Å². The molecule has 1 aromatic carbocycles. The molecule has 0 unspecified atom stereocenters. The van der Waals surface area contributed by atoms with Crippen molar-refractivity contribution in [2.45, 2.75) is 11.8 Å². The van der Waals surface area contributed by atoms with Crippen molar-refractivity contribution in [3.8, 4) is 5.75 Å². The van der Waals surface area contributed by atoms with Crippen molar-refractivity contribution < 1.29 is 31.9 Å². The molecule has 0 saturated heterocycles. The van der Waals surface area contributed by atoms with Gasteiger partial charge in [0.15, 0.2) is 21.4 Å². The molecule has 0 bridgehead atoms. The van der Waals surface area contributed by atoms with Crippen LogP contribution in [0.2, 0.25) is 0 Å². The van der Waals surface area contributed by atoms with E-state index >= 15 is 0 Å². The molecule has 0 N–H and O–H groups in total. The molecule has 0 aliphatic rings. The Morgan fingerprint density at radius 3 is 2.35 bits per heavy atom. The summed E-state index contributed by atoms with van der Waals surface area (Å²) in [5.74, 6) is -4.10. The zero-order valence-electron chi connectivity index (χ0n) is 11.1. The zero-order chi connectivity index (χ0) is 15.5. The molecule has 1 aromatic rings. The van der Waals surface area contributed by atoms with E-state index in [0.717, 1.165) is 25.5 Å². The number of methoxy groups -OCH3 is 1. The van der Waals surface area contributed by atoms with Gasteiger partial charge in [-0.2, -0.15) is 0 Å². The molecule has 1 rings (SSSR count). The van der Waals surface area contributed by atoms with Crippen molar-refractivity contribution in [1.82, 2.24) is 0 Å². The highest BCUT2D eigenvalue weighted by Crippen LogP contribution is 2.29. The van der Waals surface area contributed by atoms with Crippen LogP contribution in [0.1, 0.15) is 17.3 Å². The highest BCUT2D eigenvalue weighted by molar-refractivity contribution is 7.90. The first-order valence-corrected chi connectivity index (χ1v) is 7.41. The monoisotopic (exact) mass is 304 g/mol. The van der Waals surface area contributed by atoms with E-state index in [1.165, 1.54) is 6.92 Å². The van der Waals surface area contributed by atoms with Gasteiger partial charge in [0.05, 0.1) is 19.3 Å². The maximum absolute atomic E-state index is 14.0. The molecule has 0 aliphatic carbocycles. The number of carbonyl (C=O) groups excluding carboxylic acids is 2. The molecular weight excluding hydrogens is 291 g/mol. The fourth-order valence-corrected chi connectivity index (χ4v) is 2.24. The Labute approximate surface area is 115 Å². The van der Waals surface area contributed by atoms with Crippen molar-refractivity contribution in [1.29, 1.82) is 0 Å². The normalized spacial score (nSPS) is 11.0. The topological polar surface area (TPSA) is 86.7 Å². The number of halogens is 1. The number of Topliss-reactive ketones (excluding diaryl/α,β-unsaturated/α-hetero) is 1. The average molecular weight is 304 g/mol. The number of benzene rings is 1. The van der Waals surface area contributed by atoms with Gasteiger partial charge in [-0.25, -0.2) is 17.6 Å². The Morgan fingerprint density at radius 1 is 1.30 bits per heavy atom. The maximum Gasteiger partial charge on any atom is 0.379 e. The van der Waals surface area contributed by atoms with E-state index < -0.39 is 43.6 Å². The van der Waals surface area contributed by atoms with Gasteiger partial charge in [0, 0.05) is 6.26 Å². The molecule has 0 aliphatic heterocycles. The number of rotatable bonds is 5. The molecule has 0 fully saturated rings. The number of ketones is 1. The van der Waals surface area contributed by atoms with Crippen LogP contribution in [0, 0.1) is 5.82 Å². The standard InChI is InChI=1S/C12H13FO6S/c1-4-19-12(15)10(14)7-5-6-8(20(3,16)17)9(13)11(7)18-2/h5-6H,4H2,1-3H3. The summed E-state index contributed by atoms with van der Waals surface area (Å²) in [6.45, 7) is 1.49. The summed E-state index contributed by atoms with van der Waals surface area (Å²) in [5.41, 5.74) is -0.393. The van der Waals surface area contributed by atoms with Gasteiger partial charge in [0.1, 0.15) is 4.90 Å². The molecular formula is C12H13FO6S. The number of hydrogen-bond acceptors (Lipinski definition) is 6. The lowest BCUT2D eigenvalue weighted by Gasteiger charge is -2.10. The second kappa shape index (κ2) is 6.00. The summed E-state index contributed by atoms with van der Waals surface area (Å²) in [6, 6.07) is 1.91. The summed E-state index contributed by atoms with van der Waals surface area (Å²) >= 11 is 0. The predicted octanol–water partition coefficient (Wildman–Crippen LogP) is 0.984. The van der Waals surface area contributed by atoms with Gasteiger partial charge in [-0.3, -0.25) is 4.79 Å². The van der Waals surface area contributed by atoms with E-state index in [1.54, 1.807) is 0 Å². The summed E-state index contributed by atoms with van der Waals surface area (Å²) in [5, 5.41) is 0. The largest absolute Gasteiger partial charge is 0.493 e. The van der Waals surface area contributed by atoms with Crippen molar-refractivity contribution >= 4 is 21.6 Å². The Balaban J connectivity index is 3.42. The summed E-state index contributed by atoms with van der Waals surface area (Å²) in [6.07, 6.45) is 0.817. The van der Waals surface area contributed by atoms with E-state index in [2.05, 4.69) is 4.74 Å². The van der Waals surface area contributed by atoms with E-state index in [-0.39, 0.29) is 6.61 Å². The zero-order valence-corrected chi connectivity index (χ0v) is 11.9. The SMILES string of the molecule is CCOC(=O)C(=O)c1ccc(S(C)(=O)=O)c(F)c1OC. The Hall–Kier alpha value is -1.96. The minimum atomic E-state index is -3.82. The molecule has 0 atom stereocenters. The minimum absolute atomic E-state index is 0.0171. The average Bonchev–Trinajstić information content (AvgIpc) is 2.36. The van der Waals surface area contributed by atoms with Gasteiger partial charge in [0.2, 0.25) is 0 Å². The van der Waals surface area contributed by atoms with Crippen LogP contribution in [0.25, 0.3) is 0 Å². The summed E-state index contributed by atoms with van der Waals surface area (Å²) in [4.78, 5) is 22.5. The molecule has 0 saturated carbocycles. The van der Waals surface area contributed by atoms with Gasteiger partial charge in [-0.15, -0.1) is 0 Å². The lowest BCUT2D eigenvalue weighted by Crippen LogP contribution is -2.19. The smallest absolute Gasteiger partial charge is 0.379 e. The van der Waals surface area contributed by atoms with E-state index in [9.17, 15) is 22.4 Å². The quantitative estimate of drug-likeness (QED) is 0.458. The number of esters is 1. The first-order valence-electron chi connectivity index (χ1n) is 5.52. The van der Waals surface area contributed by atoms with Crippen LogP contribution in [-0.2, 0) is 19.4 Å². The first-order chi connectivity index (χ1) is 9.23. The molecule has 6 nitrogen and oxygen atoms in total. The molecule has 0 heterocycles. The minimum Gasteiger partial charge on any atom is -0.493 e. The van der Waals surface area contributed by atoms with Gasteiger partial charge < -0.3 is 9.47 Å². The molecule has 0 spiro atoms. The van der Waals surface area contributed by atoms with Gasteiger partial charge >= 0.3 is 5.97 Å². The van der Waals surface area contributed by atoms with Crippen LogP contribution in [0.3, 0.4) is 0 Å². The van der Waals surface area contributed by atoms with Crippen molar-refractivity contribution in [2.24, 2.45) is 0 Å². The molecule has 110 valence electrons. The Bertz CT molecular complexity index is 650. The fourth-order valence-electron chi connectivity index (χ4n) is 1.51. The fraction of sp³-hybridized carbons (Fsp3) is 0.333. The predicted molar refractivity (Wildman–Crippen MR) is 67.0 cm³/mol. The highest BCUT2D eigenvalue weighted by atomic mass is 32.2. The van der Waals surface area contributed by atoms with Crippen molar-refractivity contribution in [2.75, 3.05) is 20.0 Å².